The minimum absolute atomic E-state index is 0.0160. The molecule has 0 aliphatic carbocycles. The maximum atomic E-state index is 13.6. The Morgan fingerprint density at radius 2 is 1.57 bits per heavy atom. The SMILES string of the molecule is O=C(CNc1ccc(C(=O)NCc2ccccc2F)cc1)NC(=O)NCC(F)(F)F. The first-order valence-electron chi connectivity index (χ1n) is 8.64. The lowest BCUT2D eigenvalue weighted by Gasteiger charge is -2.10. The summed E-state index contributed by atoms with van der Waals surface area (Å²) in [5, 5.41) is 8.49. The third-order valence-corrected chi connectivity index (χ3v) is 3.70. The number of anilines is 1. The predicted molar refractivity (Wildman–Crippen MR) is 100 cm³/mol. The van der Waals surface area contributed by atoms with Crippen molar-refractivity contribution >= 4 is 23.5 Å². The highest BCUT2D eigenvalue weighted by atomic mass is 19.4. The number of nitrogens with one attached hydrogen (secondary N) is 4. The van der Waals surface area contributed by atoms with Crippen molar-refractivity contribution in [2.45, 2.75) is 12.7 Å². The molecule has 0 spiro atoms. The van der Waals surface area contributed by atoms with E-state index in [1.165, 1.54) is 35.6 Å². The Morgan fingerprint density at radius 3 is 2.20 bits per heavy atom. The smallest absolute Gasteiger partial charge is 0.376 e. The topological polar surface area (TPSA) is 99.3 Å². The number of amides is 4. The van der Waals surface area contributed by atoms with E-state index < -0.39 is 36.4 Å². The van der Waals surface area contributed by atoms with Crippen LogP contribution in [0.5, 0.6) is 0 Å². The van der Waals surface area contributed by atoms with Gasteiger partial charge >= 0.3 is 12.2 Å². The Balaban J connectivity index is 1.77. The molecule has 7 nitrogen and oxygen atoms in total. The average Bonchev–Trinajstić information content (AvgIpc) is 2.70. The van der Waals surface area contributed by atoms with E-state index in [9.17, 15) is 31.9 Å². The van der Waals surface area contributed by atoms with Gasteiger partial charge in [-0.15, -0.1) is 0 Å². The summed E-state index contributed by atoms with van der Waals surface area (Å²) >= 11 is 0. The first kappa shape index (κ1) is 22.7. The third kappa shape index (κ3) is 7.78. The largest absolute Gasteiger partial charge is 0.405 e. The van der Waals surface area contributed by atoms with Gasteiger partial charge in [0.2, 0.25) is 5.91 Å². The lowest BCUT2D eigenvalue weighted by molar-refractivity contribution is -0.124. The lowest BCUT2D eigenvalue weighted by Crippen LogP contribution is -2.45. The minimum atomic E-state index is -4.58. The number of halogens is 4. The molecule has 2 rings (SSSR count). The molecular formula is C19H18F4N4O3. The second kappa shape index (κ2) is 10.2. The zero-order valence-corrected chi connectivity index (χ0v) is 15.5. The van der Waals surface area contributed by atoms with Gasteiger partial charge in [-0.1, -0.05) is 18.2 Å². The maximum Gasteiger partial charge on any atom is 0.405 e. The summed E-state index contributed by atoms with van der Waals surface area (Å²) in [4.78, 5) is 34.9. The van der Waals surface area contributed by atoms with Crippen LogP contribution >= 0.6 is 0 Å². The van der Waals surface area contributed by atoms with E-state index in [1.807, 2.05) is 0 Å². The highest BCUT2D eigenvalue weighted by Gasteiger charge is 2.27. The maximum absolute atomic E-state index is 13.6. The molecule has 4 amide bonds. The van der Waals surface area contributed by atoms with Crippen molar-refractivity contribution in [1.82, 2.24) is 16.0 Å². The van der Waals surface area contributed by atoms with Gasteiger partial charge in [-0.25, -0.2) is 9.18 Å². The van der Waals surface area contributed by atoms with Gasteiger partial charge in [0.25, 0.3) is 5.91 Å². The summed E-state index contributed by atoms with van der Waals surface area (Å²) in [6, 6.07) is 10.7. The van der Waals surface area contributed by atoms with Crippen molar-refractivity contribution in [3.8, 4) is 0 Å². The van der Waals surface area contributed by atoms with Crippen LogP contribution in [0.2, 0.25) is 0 Å². The van der Waals surface area contributed by atoms with Crippen molar-refractivity contribution in [3.05, 3.63) is 65.5 Å². The Morgan fingerprint density at radius 1 is 0.900 bits per heavy atom. The summed E-state index contributed by atoms with van der Waals surface area (Å²) in [7, 11) is 0. The zero-order chi connectivity index (χ0) is 22.1. The molecule has 0 radical (unpaired) electrons. The van der Waals surface area contributed by atoms with E-state index in [0.717, 1.165) is 0 Å². The van der Waals surface area contributed by atoms with Gasteiger partial charge in [-0.2, -0.15) is 13.2 Å². The van der Waals surface area contributed by atoms with Crippen LogP contribution in [-0.2, 0) is 11.3 Å². The molecule has 0 saturated carbocycles. The molecule has 0 aliphatic rings. The van der Waals surface area contributed by atoms with Crippen LogP contribution < -0.4 is 21.3 Å². The molecule has 0 bridgehead atoms. The van der Waals surface area contributed by atoms with Crippen LogP contribution in [0.3, 0.4) is 0 Å². The number of hydrogen-bond donors (Lipinski definition) is 4. The van der Waals surface area contributed by atoms with Crippen molar-refractivity contribution in [2.75, 3.05) is 18.4 Å². The van der Waals surface area contributed by atoms with Crippen molar-refractivity contribution in [1.29, 1.82) is 0 Å². The Hall–Kier alpha value is -3.63. The number of alkyl halides is 3. The molecule has 0 aliphatic heterocycles. The molecule has 0 atom stereocenters. The van der Waals surface area contributed by atoms with Crippen molar-refractivity contribution in [3.63, 3.8) is 0 Å². The quantitative estimate of drug-likeness (QED) is 0.512. The number of rotatable bonds is 7. The molecule has 4 N–H and O–H groups in total. The van der Waals surface area contributed by atoms with Gasteiger partial charge in [-0.05, 0) is 30.3 Å². The van der Waals surface area contributed by atoms with Crippen LogP contribution in [0, 0.1) is 5.82 Å². The van der Waals surface area contributed by atoms with Crippen LogP contribution in [0.15, 0.2) is 48.5 Å². The average molecular weight is 426 g/mol. The van der Waals surface area contributed by atoms with Crippen molar-refractivity contribution in [2.24, 2.45) is 0 Å². The minimum Gasteiger partial charge on any atom is -0.376 e. The monoisotopic (exact) mass is 426 g/mol. The normalized spacial score (nSPS) is 10.8. The highest BCUT2D eigenvalue weighted by molar-refractivity contribution is 5.96. The fraction of sp³-hybridized carbons (Fsp3) is 0.211. The summed E-state index contributed by atoms with van der Waals surface area (Å²) in [6.45, 7) is -1.92. The van der Waals surface area contributed by atoms with Gasteiger partial charge in [-0.3, -0.25) is 14.9 Å². The lowest BCUT2D eigenvalue weighted by atomic mass is 10.1. The number of hydrogen-bond acceptors (Lipinski definition) is 4. The first-order valence-corrected chi connectivity index (χ1v) is 8.64. The highest BCUT2D eigenvalue weighted by Crippen LogP contribution is 2.12. The van der Waals surface area contributed by atoms with E-state index >= 15 is 0 Å². The molecule has 2 aromatic carbocycles. The standard InChI is InChI=1S/C19H18F4N4O3/c20-15-4-2-1-3-13(15)9-25-17(29)12-5-7-14(8-6-12)24-10-16(28)27-18(30)26-11-19(21,22)23/h1-8,24H,9-11H2,(H,25,29)(H2,26,27,28,30). The molecule has 11 heteroatoms. The van der Waals surface area contributed by atoms with E-state index in [0.29, 0.717) is 16.8 Å². The van der Waals surface area contributed by atoms with Gasteiger partial charge in [0.05, 0.1) is 6.54 Å². The number of carbonyl (C=O) groups is 3. The fourth-order valence-electron chi connectivity index (χ4n) is 2.24. The molecule has 0 unspecified atom stereocenters. The summed E-state index contributed by atoms with van der Waals surface area (Å²) in [5.41, 5.74) is 1.08. The number of carbonyl (C=O) groups excluding carboxylic acids is 3. The van der Waals surface area contributed by atoms with E-state index in [2.05, 4.69) is 10.6 Å². The third-order valence-electron chi connectivity index (χ3n) is 3.70. The van der Waals surface area contributed by atoms with Gasteiger partial charge < -0.3 is 16.0 Å². The van der Waals surface area contributed by atoms with Crippen LogP contribution in [-0.4, -0.2) is 37.1 Å². The van der Waals surface area contributed by atoms with Crippen LogP contribution in [0.25, 0.3) is 0 Å². The molecule has 0 fully saturated rings. The van der Waals surface area contributed by atoms with Gasteiger partial charge in [0.1, 0.15) is 12.4 Å². The van der Waals surface area contributed by atoms with Gasteiger partial charge in [0, 0.05) is 23.4 Å². The zero-order valence-electron chi connectivity index (χ0n) is 15.5. The molecule has 0 aromatic heterocycles. The molecule has 2 aromatic rings. The summed E-state index contributed by atoms with van der Waals surface area (Å²) in [5.74, 6) is -1.70. The predicted octanol–water partition coefficient (Wildman–Crippen LogP) is 2.56. The van der Waals surface area contributed by atoms with Gasteiger partial charge in [0.15, 0.2) is 0 Å². The molecule has 0 heterocycles. The molecule has 30 heavy (non-hydrogen) atoms. The number of benzene rings is 2. The number of imide groups is 1. The summed E-state index contributed by atoms with van der Waals surface area (Å²) < 4.78 is 49.5. The Kier molecular flexibility index (Phi) is 7.73. The molecule has 0 saturated heterocycles. The Bertz CT molecular complexity index is 901. The van der Waals surface area contributed by atoms with Crippen molar-refractivity contribution < 1.29 is 31.9 Å². The van der Waals surface area contributed by atoms with E-state index in [1.54, 1.807) is 23.5 Å². The molecular weight excluding hydrogens is 408 g/mol. The Labute approximate surface area is 168 Å². The fourth-order valence-corrected chi connectivity index (χ4v) is 2.24. The van der Waals surface area contributed by atoms with E-state index in [-0.39, 0.29) is 13.1 Å². The second-order valence-electron chi connectivity index (χ2n) is 6.05. The van der Waals surface area contributed by atoms with E-state index in [4.69, 9.17) is 0 Å². The summed E-state index contributed by atoms with van der Waals surface area (Å²) in [6.07, 6.45) is -4.58. The molecule has 160 valence electrons. The first-order chi connectivity index (χ1) is 14.1. The van der Waals surface area contributed by atoms with Crippen LogP contribution in [0.4, 0.5) is 28.0 Å². The second-order valence-corrected chi connectivity index (χ2v) is 6.05. The van der Waals surface area contributed by atoms with Crippen LogP contribution in [0.1, 0.15) is 15.9 Å². The number of urea groups is 1.